The van der Waals surface area contributed by atoms with Crippen molar-refractivity contribution >= 4 is 19.1 Å². The third-order valence-corrected chi connectivity index (χ3v) is 4.46. The van der Waals surface area contributed by atoms with Crippen LogP contribution in [0.2, 0.25) is 0 Å². The highest BCUT2D eigenvalue weighted by Crippen LogP contribution is 2.38. The summed E-state index contributed by atoms with van der Waals surface area (Å²) < 4.78 is 52.6. The summed E-state index contributed by atoms with van der Waals surface area (Å²) in [6, 6.07) is 1.34. The molecule has 1 aromatic carbocycles. The lowest BCUT2D eigenvalue weighted by molar-refractivity contribution is -0.118. The van der Waals surface area contributed by atoms with Crippen LogP contribution in [0.5, 0.6) is 0 Å². The first kappa shape index (κ1) is 19.5. The highest BCUT2D eigenvalue weighted by molar-refractivity contribution is 6.56. The fourth-order valence-electron chi connectivity index (χ4n) is 2.30. The van der Waals surface area contributed by atoms with E-state index in [1.807, 2.05) is 27.7 Å². The summed E-state index contributed by atoms with van der Waals surface area (Å²) in [4.78, 5) is 11.2. The third kappa shape index (κ3) is 4.25. The molecule has 25 heavy (non-hydrogen) atoms. The van der Waals surface area contributed by atoms with E-state index in [-0.39, 0.29) is 18.0 Å². The largest absolute Gasteiger partial charge is 0.492 e. The van der Waals surface area contributed by atoms with Gasteiger partial charge in [0.1, 0.15) is 5.82 Å². The van der Waals surface area contributed by atoms with E-state index >= 15 is 0 Å². The van der Waals surface area contributed by atoms with Crippen molar-refractivity contribution in [3.05, 3.63) is 40.6 Å². The number of amides is 1. The van der Waals surface area contributed by atoms with Crippen molar-refractivity contribution in [2.24, 2.45) is 0 Å². The van der Waals surface area contributed by atoms with Gasteiger partial charge in [0.15, 0.2) is 11.6 Å². The number of hydrogen-bond acceptors (Lipinski definition) is 3. The summed E-state index contributed by atoms with van der Waals surface area (Å²) in [6.45, 7) is 8.67. The molecule has 1 N–H and O–H groups in total. The Morgan fingerprint density at radius 3 is 2.24 bits per heavy atom. The third-order valence-electron chi connectivity index (χ3n) is 4.46. The number of carbonyl (C=O) groups is 1. The van der Waals surface area contributed by atoms with Crippen LogP contribution in [0.15, 0.2) is 17.6 Å². The van der Waals surface area contributed by atoms with Crippen molar-refractivity contribution in [1.29, 1.82) is 0 Å². The number of nitrogens with one attached hydrogen (secondary N) is 1. The Hall–Kier alpha value is -1.80. The topological polar surface area (TPSA) is 47.6 Å². The van der Waals surface area contributed by atoms with E-state index < -0.39 is 35.8 Å². The smallest absolute Gasteiger partial charge is 0.400 e. The molecule has 1 amide bonds. The monoisotopic (exact) mass is 355 g/mol. The van der Waals surface area contributed by atoms with Crippen LogP contribution in [0.3, 0.4) is 0 Å². The average molecular weight is 355 g/mol. The maximum absolute atomic E-state index is 14.0. The second-order valence-corrected chi connectivity index (χ2v) is 7.01. The molecule has 1 aliphatic rings. The Morgan fingerprint density at radius 2 is 1.72 bits per heavy atom. The molecule has 0 spiro atoms. The molecule has 0 bridgehead atoms. The molecule has 1 heterocycles. The first-order valence-electron chi connectivity index (χ1n) is 7.88. The van der Waals surface area contributed by atoms with Crippen LogP contribution in [0.4, 0.5) is 13.2 Å². The zero-order valence-electron chi connectivity index (χ0n) is 14.9. The fraction of sp³-hybridized carbons (Fsp3) is 0.471. The molecule has 0 aliphatic carbocycles. The fourth-order valence-corrected chi connectivity index (χ4v) is 2.30. The van der Waals surface area contributed by atoms with Crippen LogP contribution in [0, 0.1) is 17.5 Å². The minimum absolute atomic E-state index is 0.0102. The van der Waals surface area contributed by atoms with E-state index in [0.29, 0.717) is 11.5 Å². The van der Waals surface area contributed by atoms with Gasteiger partial charge in [-0.3, -0.25) is 4.79 Å². The summed E-state index contributed by atoms with van der Waals surface area (Å²) >= 11 is 0. The van der Waals surface area contributed by atoms with Crippen molar-refractivity contribution in [1.82, 2.24) is 5.32 Å². The highest BCUT2D eigenvalue weighted by Gasteiger charge is 2.52. The van der Waals surface area contributed by atoms with Crippen LogP contribution >= 0.6 is 0 Å². The van der Waals surface area contributed by atoms with Gasteiger partial charge < -0.3 is 14.6 Å². The second-order valence-electron chi connectivity index (χ2n) is 7.01. The molecule has 1 saturated heterocycles. The average Bonchev–Trinajstić information content (AvgIpc) is 2.68. The summed E-state index contributed by atoms with van der Waals surface area (Å²) in [6.07, 6.45) is 1.24. The van der Waals surface area contributed by atoms with Gasteiger partial charge in [0.25, 0.3) is 0 Å². The Morgan fingerprint density at radius 1 is 1.16 bits per heavy atom. The maximum atomic E-state index is 14.0. The van der Waals surface area contributed by atoms with Crippen molar-refractivity contribution in [2.75, 3.05) is 6.54 Å². The van der Waals surface area contributed by atoms with Crippen LogP contribution in [0.1, 0.15) is 40.2 Å². The van der Waals surface area contributed by atoms with Gasteiger partial charge >= 0.3 is 7.12 Å². The molecule has 0 aromatic heterocycles. The van der Waals surface area contributed by atoms with E-state index in [1.54, 1.807) is 0 Å². The lowest BCUT2D eigenvalue weighted by Crippen LogP contribution is -2.41. The van der Waals surface area contributed by atoms with E-state index in [9.17, 15) is 18.0 Å². The molecule has 1 fully saturated rings. The Labute approximate surface area is 145 Å². The van der Waals surface area contributed by atoms with Gasteiger partial charge in [-0.05, 0) is 39.2 Å². The molecular formula is C17H21BF3NO3. The Bertz CT molecular complexity index is 703. The lowest BCUT2D eigenvalue weighted by atomic mass is 9.77. The number of benzene rings is 1. The Balaban J connectivity index is 2.42. The maximum Gasteiger partial charge on any atom is 0.492 e. The molecule has 8 heteroatoms. The van der Waals surface area contributed by atoms with Crippen molar-refractivity contribution < 1.29 is 27.3 Å². The highest BCUT2D eigenvalue weighted by atomic mass is 19.2. The molecule has 0 unspecified atom stereocenters. The first-order chi connectivity index (χ1) is 11.4. The molecule has 4 nitrogen and oxygen atoms in total. The first-order valence-corrected chi connectivity index (χ1v) is 7.88. The predicted molar refractivity (Wildman–Crippen MR) is 89.1 cm³/mol. The van der Waals surface area contributed by atoms with Crippen molar-refractivity contribution in [2.45, 2.75) is 45.8 Å². The van der Waals surface area contributed by atoms with Crippen molar-refractivity contribution in [3.8, 4) is 0 Å². The SMILES string of the molecule is CC(=O)NCC(=Cc1cc(F)cc(F)c1F)B1OC(C)(C)C(C)(C)O1. The Kier molecular flexibility index (Phi) is 5.34. The number of carbonyl (C=O) groups excluding carboxylic acids is 1. The van der Waals surface area contributed by atoms with E-state index in [0.717, 1.165) is 6.07 Å². The van der Waals surface area contributed by atoms with Gasteiger partial charge in [0, 0.05) is 25.1 Å². The molecule has 0 saturated carbocycles. The van der Waals surface area contributed by atoms with Gasteiger partial charge in [-0.2, -0.15) is 0 Å². The van der Waals surface area contributed by atoms with Gasteiger partial charge in [0.05, 0.1) is 11.2 Å². The van der Waals surface area contributed by atoms with Gasteiger partial charge in [-0.25, -0.2) is 13.2 Å². The van der Waals surface area contributed by atoms with Gasteiger partial charge in [-0.1, -0.05) is 6.08 Å². The minimum Gasteiger partial charge on any atom is -0.400 e. The van der Waals surface area contributed by atoms with Crippen LogP contribution in [-0.4, -0.2) is 30.8 Å². The summed E-state index contributed by atoms with van der Waals surface area (Å²) in [7, 11) is -0.887. The molecule has 2 rings (SSSR count). The van der Waals surface area contributed by atoms with Crippen LogP contribution < -0.4 is 5.32 Å². The lowest BCUT2D eigenvalue weighted by Gasteiger charge is -2.32. The summed E-state index contributed by atoms with van der Waals surface area (Å²) in [5.41, 5.74) is -1.25. The van der Waals surface area contributed by atoms with Crippen molar-refractivity contribution in [3.63, 3.8) is 0 Å². The summed E-state index contributed by atoms with van der Waals surface area (Å²) in [5.74, 6) is -3.69. The zero-order chi connectivity index (χ0) is 19.0. The molecule has 1 aromatic rings. The number of rotatable bonds is 4. The molecule has 136 valence electrons. The molecular weight excluding hydrogens is 334 g/mol. The quantitative estimate of drug-likeness (QED) is 0.666. The van der Waals surface area contributed by atoms with E-state index in [1.165, 1.54) is 13.0 Å². The minimum atomic E-state index is -1.29. The molecule has 1 aliphatic heterocycles. The molecule has 0 atom stereocenters. The number of hydrogen-bond donors (Lipinski definition) is 1. The van der Waals surface area contributed by atoms with Gasteiger partial charge in [0.2, 0.25) is 5.91 Å². The second kappa shape index (κ2) is 6.84. The van der Waals surface area contributed by atoms with E-state index in [4.69, 9.17) is 9.31 Å². The predicted octanol–water partition coefficient (Wildman–Crippen LogP) is 3.25. The molecule has 0 radical (unpaired) electrons. The van der Waals surface area contributed by atoms with Crippen LogP contribution in [0.25, 0.3) is 6.08 Å². The zero-order valence-corrected chi connectivity index (χ0v) is 14.9. The number of halogens is 3. The normalized spacial score (nSPS) is 19.2. The van der Waals surface area contributed by atoms with Gasteiger partial charge in [-0.15, -0.1) is 0 Å². The standard InChI is InChI=1S/C17H21BF3NO3/c1-10(23)22-9-12(18-24-16(2,3)17(4,5)25-18)6-11-7-13(19)8-14(20)15(11)21/h6-8H,9H2,1-5H3,(H,22,23). The summed E-state index contributed by atoms with van der Waals surface area (Å²) in [5, 5.41) is 2.57. The van der Waals surface area contributed by atoms with Crippen LogP contribution in [-0.2, 0) is 14.1 Å². The van der Waals surface area contributed by atoms with E-state index in [2.05, 4.69) is 5.32 Å².